The molecule has 3 N–H and O–H groups in total. The van der Waals surface area contributed by atoms with Crippen molar-refractivity contribution in [1.82, 2.24) is 5.32 Å². The molecule has 0 spiro atoms. The Kier molecular flexibility index (Phi) is 3.71. The second-order valence-corrected chi connectivity index (χ2v) is 3.77. The van der Waals surface area contributed by atoms with Gasteiger partial charge in [-0.2, -0.15) is 0 Å². The minimum Gasteiger partial charge on any atom is -0.465 e. The van der Waals surface area contributed by atoms with E-state index in [9.17, 15) is 4.79 Å². The van der Waals surface area contributed by atoms with Crippen LogP contribution in [0.4, 0.5) is 4.79 Å². The van der Waals surface area contributed by atoms with Crippen molar-refractivity contribution in [3.63, 3.8) is 0 Å². The molecule has 1 saturated carbocycles. The van der Waals surface area contributed by atoms with Gasteiger partial charge in [-0.15, -0.1) is 0 Å². The van der Waals surface area contributed by atoms with Crippen molar-refractivity contribution in [3.05, 3.63) is 0 Å². The average molecular weight is 203 g/mol. The molecule has 0 unspecified atom stereocenters. The van der Waals surface area contributed by atoms with E-state index in [0.717, 1.165) is 12.8 Å². The molecule has 1 aliphatic rings. The summed E-state index contributed by atoms with van der Waals surface area (Å²) >= 11 is 0. The standard InChI is InChI=1S/C9H17NO4/c1-14-9(6-11)4-2-7(3-5-9)10-8(12)13/h7,10-11H,2-6H2,1H3,(H,12,13)/t7-,9+. The van der Waals surface area contributed by atoms with Gasteiger partial charge in [-0.05, 0) is 25.7 Å². The Morgan fingerprint density at radius 3 is 2.50 bits per heavy atom. The molecule has 5 heteroatoms. The van der Waals surface area contributed by atoms with Gasteiger partial charge in [-0.3, -0.25) is 0 Å². The van der Waals surface area contributed by atoms with Crippen LogP contribution < -0.4 is 5.32 Å². The van der Waals surface area contributed by atoms with E-state index in [1.165, 1.54) is 0 Å². The fraction of sp³-hybridized carbons (Fsp3) is 0.889. The predicted octanol–water partition coefficient (Wildman–Crippen LogP) is 0.574. The number of hydrogen-bond donors (Lipinski definition) is 3. The normalized spacial score (nSPS) is 32.6. The maximum Gasteiger partial charge on any atom is 0.404 e. The van der Waals surface area contributed by atoms with Gasteiger partial charge >= 0.3 is 6.09 Å². The number of aliphatic hydroxyl groups is 1. The van der Waals surface area contributed by atoms with Crippen LogP contribution in [0.1, 0.15) is 25.7 Å². The molecule has 0 aromatic carbocycles. The molecule has 1 amide bonds. The molecule has 0 saturated heterocycles. The molecular weight excluding hydrogens is 186 g/mol. The van der Waals surface area contributed by atoms with Crippen molar-refractivity contribution < 1.29 is 19.7 Å². The molecule has 0 bridgehead atoms. The Bertz CT molecular complexity index is 193. The summed E-state index contributed by atoms with van der Waals surface area (Å²) in [7, 11) is 1.58. The third-order valence-electron chi connectivity index (χ3n) is 2.95. The first-order chi connectivity index (χ1) is 6.62. The number of carbonyl (C=O) groups is 1. The molecule has 0 aliphatic heterocycles. The largest absolute Gasteiger partial charge is 0.465 e. The van der Waals surface area contributed by atoms with Crippen LogP contribution in [0.15, 0.2) is 0 Å². The number of hydrogen-bond acceptors (Lipinski definition) is 3. The summed E-state index contributed by atoms with van der Waals surface area (Å²) in [6.45, 7) is 0.00327. The van der Waals surface area contributed by atoms with Crippen LogP contribution in [0.3, 0.4) is 0 Å². The summed E-state index contributed by atoms with van der Waals surface area (Å²) in [5, 5.41) is 20.1. The summed E-state index contributed by atoms with van der Waals surface area (Å²) in [4.78, 5) is 10.4. The minimum absolute atomic E-state index is 0.00215. The van der Waals surface area contributed by atoms with Crippen molar-refractivity contribution in [1.29, 1.82) is 0 Å². The van der Waals surface area contributed by atoms with Crippen molar-refractivity contribution in [2.45, 2.75) is 37.3 Å². The SMILES string of the molecule is CO[C@]1(CO)CC[C@H](NC(=O)O)CC1. The van der Waals surface area contributed by atoms with Gasteiger partial charge < -0.3 is 20.3 Å². The zero-order valence-corrected chi connectivity index (χ0v) is 8.32. The second kappa shape index (κ2) is 4.61. The molecule has 0 aromatic rings. The lowest BCUT2D eigenvalue weighted by Gasteiger charge is -2.37. The Balaban J connectivity index is 2.40. The van der Waals surface area contributed by atoms with E-state index >= 15 is 0 Å². The first kappa shape index (κ1) is 11.3. The number of rotatable bonds is 3. The van der Waals surface area contributed by atoms with Crippen LogP contribution >= 0.6 is 0 Å². The molecule has 0 aromatic heterocycles. The third-order valence-corrected chi connectivity index (χ3v) is 2.95. The molecule has 5 nitrogen and oxygen atoms in total. The molecule has 1 fully saturated rings. The quantitative estimate of drug-likeness (QED) is 0.626. The lowest BCUT2D eigenvalue weighted by Crippen LogP contribution is -2.45. The predicted molar refractivity (Wildman–Crippen MR) is 50.2 cm³/mol. The first-order valence-electron chi connectivity index (χ1n) is 4.77. The topological polar surface area (TPSA) is 78.8 Å². The fourth-order valence-electron chi connectivity index (χ4n) is 1.89. The summed E-state index contributed by atoms with van der Waals surface area (Å²) in [5.41, 5.74) is -0.448. The highest BCUT2D eigenvalue weighted by molar-refractivity contribution is 5.64. The third kappa shape index (κ3) is 2.59. The first-order valence-corrected chi connectivity index (χ1v) is 4.77. The van der Waals surface area contributed by atoms with Gasteiger partial charge in [0, 0.05) is 13.2 Å². The zero-order valence-electron chi connectivity index (χ0n) is 8.32. The zero-order chi connectivity index (χ0) is 10.6. The molecule has 1 aliphatic carbocycles. The molecular formula is C9H17NO4. The molecule has 0 heterocycles. The van der Waals surface area contributed by atoms with Crippen LogP contribution in [0.2, 0.25) is 0 Å². The van der Waals surface area contributed by atoms with Gasteiger partial charge in [-0.1, -0.05) is 0 Å². The highest BCUT2D eigenvalue weighted by Crippen LogP contribution is 2.30. The van der Waals surface area contributed by atoms with Gasteiger partial charge in [-0.25, -0.2) is 4.79 Å². The molecule has 1 rings (SSSR count). The molecule has 0 atom stereocenters. The van der Waals surface area contributed by atoms with Crippen LogP contribution in [-0.2, 0) is 4.74 Å². The van der Waals surface area contributed by atoms with Crippen LogP contribution in [0.25, 0.3) is 0 Å². The fourth-order valence-corrected chi connectivity index (χ4v) is 1.89. The van der Waals surface area contributed by atoms with E-state index in [1.54, 1.807) is 7.11 Å². The summed E-state index contributed by atoms with van der Waals surface area (Å²) in [6, 6.07) is 0.00215. The van der Waals surface area contributed by atoms with Crippen LogP contribution in [0, 0.1) is 0 Å². The highest BCUT2D eigenvalue weighted by atomic mass is 16.5. The van der Waals surface area contributed by atoms with E-state index in [-0.39, 0.29) is 12.6 Å². The van der Waals surface area contributed by atoms with Crippen LogP contribution in [-0.4, -0.2) is 41.7 Å². The number of methoxy groups -OCH3 is 1. The summed E-state index contributed by atoms with van der Waals surface area (Å²) in [5.74, 6) is 0. The lowest BCUT2D eigenvalue weighted by molar-refractivity contribution is -0.0792. The van der Waals surface area contributed by atoms with Crippen molar-refractivity contribution in [2.75, 3.05) is 13.7 Å². The van der Waals surface area contributed by atoms with E-state index in [1.807, 2.05) is 0 Å². The monoisotopic (exact) mass is 203 g/mol. The maximum atomic E-state index is 10.4. The molecule has 0 radical (unpaired) electrons. The molecule has 14 heavy (non-hydrogen) atoms. The van der Waals surface area contributed by atoms with E-state index in [0.29, 0.717) is 12.8 Å². The lowest BCUT2D eigenvalue weighted by atomic mass is 9.82. The van der Waals surface area contributed by atoms with Crippen LogP contribution in [0.5, 0.6) is 0 Å². The number of nitrogens with one attached hydrogen (secondary N) is 1. The Morgan fingerprint density at radius 2 is 2.14 bits per heavy atom. The summed E-state index contributed by atoms with van der Waals surface area (Å²) < 4.78 is 5.26. The summed E-state index contributed by atoms with van der Waals surface area (Å²) in [6.07, 6.45) is 1.86. The second-order valence-electron chi connectivity index (χ2n) is 3.77. The smallest absolute Gasteiger partial charge is 0.404 e. The van der Waals surface area contributed by atoms with Crippen molar-refractivity contribution >= 4 is 6.09 Å². The van der Waals surface area contributed by atoms with Gasteiger partial charge in [0.25, 0.3) is 0 Å². The van der Waals surface area contributed by atoms with Gasteiger partial charge in [0.05, 0.1) is 12.2 Å². The number of carboxylic acid groups (broad SMARTS) is 1. The highest BCUT2D eigenvalue weighted by Gasteiger charge is 2.35. The average Bonchev–Trinajstić information content (AvgIpc) is 2.19. The maximum absolute atomic E-state index is 10.4. The Labute approximate surface area is 83.1 Å². The molecule has 82 valence electrons. The van der Waals surface area contributed by atoms with E-state index in [4.69, 9.17) is 14.9 Å². The van der Waals surface area contributed by atoms with Gasteiger partial charge in [0.1, 0.15) is 0 Å². The van der Waals surface area contributed by atoms with Crippen molar-refractivity contribution in [3.8, 4) is 0 Å². The van der Waals surface area contributed by atoms with E-state index in [2.05, 4.69) is 5.32 Å². The number of aliphatic hydroxyl groups excluding tert-OH is 1. The van der Waals surface area contributed by atoms with Gasteiger partial charge in [0.15, 0.2) is 0 Å². The van der Waals surface area contributed by atoms with E-state index < -0.39 is 11.7 Å². The number of amides is 1. The van der Waals surface area contributed by atoms with Gasteiger partial charge in [0.2, 0.25) is 0 Å². The van der Waals surface area contributed by atoms with Crippen molar-refractivity contribution in [2.24, 2.45) is 0 Å². The Hall–Kier alpha value is -0.810. The Morgan fingerprint density at radius 1 is 1.57 bits per heavy atom. The minimum atomic E-state index is -0.982. The number of ether oxygens (including phenoxy) is 1.